The number of thiophene rings is 1. The van der Waals surface area contributed by atoms with Gasteiger partial charge in [0.2, 0.25) is 5.91 Å². The predicted octanol–water partition coefficient (Wildman–Crippen LogP) is 2.57. The maximum atomic E-state index is 12.4. The SMILES string of the molecule is CCCCn1nnnc1C1(C)CCC(=O)N1Cc1cccs1. The molecule has 2 aromatic heterocycles. The van der Waals surface area contributed by atoms with E-state index in [2.05, 4.69) is 35.4 Å². The number of amides is 1. The summed E-state index contributed by atoms with van der Waals surface area (Å²) in [5.74, 6) is 0.990. The van der Waals surface area contributed by atoms with Crippen molar-refractivity contribution in [3.05, 3.63) is 28.2 Å². The number of hydrogen-bond donors (Lipinski definition) is 0. The molecule has 1 aliphatic heterocycles. The zero-order valence-electron chi connectivity index (χ0n) is 13.0. The van der Waals surface area contributed by atoms with Gasteiger partial charge in [-0.2, -0.15) is 0 Å². The molecule has 0 N–H and O–H groups in total. The zero-order valence-corrected chi connectivity index (χ0v) is 13.8. The lowest BCUT2D eigenvalue weighted by molar-refractivity contribution is -0.132. The van der Waals surface area contributed by atoms with Gasteiger partial charge < -0.3 is 4.90 Å². The van der Waals surface area contributed by atoms with E-state index >= 15 is 0 Å². The number of aryl methyl sites for hydroxylation is 1. The average molecular weight is 319 g/mol. The summed E-state index contributed by atoms with van der Waals surface area (Å²) in [6, 6.07) is 4.08. The minimum Gasteiger partial charge on any atom is -0.325 e. The highest BCUT2D eigenvalue weighted by molar-refractivity contribution is 7.09. The molecule has 0 aromatic carbocycles. The summed E-state index contributed by atoms with van der Waals surface area (Å²) >= 11 is 1.68. The van der Waals surface area contributed by atoms with E-state index in [9.17, 15) is 4.79 Å². The number of tetrazole rings is 1. The molecule has 1 fully saturated rings. The van der Waals surface area contributed by atoms with Crippen molar-refractivity contribution >= 4 is 17.2 Å². The van der Waals surface area contributed by atoms with Gasteiger partial charge in [0.25, 0.3) is 0 Å². The molecule has 1 amide bonds. The molecule has 0 saturated carbocycles. The Morgan fingerprint density at radius 1 is 1.45 bits per heavy atom. The van der Waals surface area contributed by atoms with Crippen molar-refractivity contribution < 1.29 is 4.79 Å². The van der Waals surface area contributed by atoms with Crippen LogP contribution in [0.3, 0.4) is 0 Å². The maximum Gasteiger partial charge on any atom is 0.223 e. The molecule has 118 valence electrons. The molecule has 3 heterocycles. The number of nitrogens with zero attached hydrogens (tertiary/aromatic N) is 5. The summed E-state index contributed by atoms with van der Waals surface area (Å²) in [4.78, 5) is 15.5. The van der Waals surface area contributed by atoms with Crippen LogP contribution in [0.4, 0.5) is 0 Å². The van der Waals surface area contributed by atoms with Gasteiger partial charge in [0.15, 0.2) is 5.82 Å². The van der Waals surface area contributed by atoms with E-state index in [1.807, 2.05) is 21.0 Å². The van der Waals surface area contributed by atoms with Crippen LogP contribution in [-0.4, -0.2) is 31.0 Å². The summed E-state index contributed by atoms with van der Waals surface area (Å²) in [5, 5.41) is 14.3. The summed E-state index contributed by atoms with van der Waals surface area (Å²) in [6.45, 7) is 5.66. The standard InChI is InChI=1S/C15H21N5OS/c1-3-4-9-20-14(16-17-18-20)15(2)8-7-13(21)19(15)11-12-6-5-10-22-12/h5-6,10H,3-4,7-9,11H2,1-2H3. The minimum atomic E-state index is -0.418. The van der Waals surface area contributed by atoms with Gasteiger partial charge in [-0.1, -0.05) is 19.4 Å². The Labute approximate surface area is 134 Å². The van der Waals surface area contributed by atoms with Gasteiger partial charge in [-0.15, -0.1) is 16.4 Å². The lowest BCUT2D eigenvalue weighted by Crippen LogP contribution is -2.42. The number of carbonyl (C=O) groups is 1. The number of carbonyl (C=O) groups excluding carboxylic acids is 1. The molecule has 3 rings (SSSR count). The van der Waals surface area contributed by atoms with Gasteiger partial charge in [-0.3, -0.25) is 4.79 Å². The van der Waals surface area contributed by atoms with Crippen LogP contribution >= 0.6 is 11.3 Å². The maximum absolute atomic E-state index is 12.4. The Kier molecular flexibility index (Phi) is 4.24. The van der Waals surface area contributed by atoms with Crippen LogP contribution in [0.15, 0.2) is 17.5 Å². The van der Waals surface area contributed by atoms with E-state index in [-0.39, 0.29) is 5.91 Å². The van der Waals surface area contributed by atoms with Crippen LogP contribution in [0, 0.1) is 0 Å². The monoisotopic (exact) mass is 319 g/mol. The highest BCUT2D eigenvalue weighted by atomic mass is 32.1. The fourth-order valence-corrected chi connectivity index (χ4v) is 3.69. The average Bonchev–Trinajstić information content (AvgIpc) is 3.23. The Morgan fingerprint density at radius 2 is 2.32 bits per heavy atom. The van der Waals surface area contributed by atoms with Crippen molar-refractivity contribution in [1.29, 1.82) is 0 Å². The first-order valence-electron chi connectivity index (χ1n) is 7.74. The summed E-state index contributed by atoms with van der Waals surface area (Å²) in [5.41, 5.74) is -0.418. The zero-order chi connectivity index (χ0) is 15.6. The highest BCUT2D eigenvalue weighted by Crippen LogP contribution is 2.39. The van der Waals surface area contributed by atoms with Gasteiger partial charge in [0.05, 0.1) is 6.54 Å². The lowest BCUT2D eigenvalue weighted by atomic mass is 9.97. The first kappa shape index (κ1) is 15.1. The molecule has 0 radical (unpaired) electrons. The molecule has 6 nitrogen and oxygen atoms in total. The topological polar surface area (TPSA) is 63.9 Å². The van der Waals surface area contributed by atoms with Crippen molar-refractivity contribution in [3.8, 4) is 0 Å². The van der Waals surface area contributed by atoms with Gasteiger partial charge in [-0.25, -0.2) is 4.68 Å². The van der Waals surface area contributed by atoms with Crippen molar-refractivity contribution in [2.24, 2.45) is 0 Å². The van der Waals surface area contributed by atoms with Crippen molar-refractivity contribution in [2.45, 2.75) is 58.2 Å². The van der Waals surface area contributed by atoms with E-state index in [0.29, 0.717) is 13.0 Å². The first-order chi connectivity index (χ1) is 10.6. The van der Waals surface area contributed by atoms with E-state index < -0.39 is 5.54 Å². The highest BCUT2D eigenvalue weighted by Gasteiger charge is 2.46. The molecule has 1 atom stereocenters. The number of aromatic nitrogens is 4. The first-order valence-corrected chi connectivity index (χ1v) is 8.62. The van der Waals surface area contributed by atoms with Crippen LogP contribution in [0.25, 0.3) is 0 Å². The third-order valence-electron chi connectivity index (χ3n) is 4.35. The Bertz CT molecular complexity index is 638. The van der Waals surface area contributed by atoms with Gasteiger partial charge in [-0.05, 0) is 41.6 Å². The predicted molar refractivity (Wildman–Crippen MR) is 84.2 cm³/mol. The molecule has 22 heavy (non-hydrogen) atoms. The smallest absolute Gasteiger partial charge is 0.223 e. The molecule has 1 saturated heterocycles. The molecule has 0 spiro atoms. The minimum absolute atomic E-state index is 0.181. The van der Waals surface area contributed by atoms with Crippen molar-refractivity contribution in [1.82, 2.24) is 25.1 Å². The molecule has 0 aliphatic carbocycles. The lowest BCUT2D eigenvalue weighted by Gasteiger charge is -2.33. The fraction of sp³-hybridized carbons (Fsp3) is 0.600. The van der Waals surface area contributed by atoms with Crippen LogP contribution in [0.2, 0.25) is 0 Å². The molecule has 1 unspecified atom stereocenters. The van der Waals surface area contributed by atoms with E-state index in [1.54, 1.807) is 11.3 Å². The fourth-order valence-electron chi connectivity index (χ4n) is 3.00. The molecule has 7 heteroatoms. The second-order valence-corrected chi connectivity index (χ2v) is 6.94. The summed E-state index contributed by atoms with van der Waals surface area (Å²) < 4.78 is 1.86. The van der Waals surface area contributed by atoms with Gasteiger partial charge in [0, 0.05) is 17.8 Å². The Hall–Kier alpha value is -1.76. The number of unbranched alkanes of at least 4 members (excludes halogenated alkanes) is 1. The van der Waals surface area contributed by atoms with Crippen LogP contribution < -0.4 is 0 Å². The quantitative estimate of drug-likeness (QED) is 0.821. The van der Waals surface area contributed by atoms with E-state index in [0.717, 1.165) is 31.6 Å². The number of rotatable bonds is 6. The largest absolute Gasteiger partial charge is 0.325 e. The van der Waals surface area contributed by atoms with Gasteiger partial charge in [0.1, 0.15) is 5.54 Å². The Morgan fingerprint density at radius 3 is 3.05 bits per heavy atom. The normalized spacial score (nSPS) is 21.7. The van der Waals surface area contributed by atoms with Crippen LogP contribution in [0.5, 0.6) is 0 Å². The van der Waals surface area contributed by atoms with Gasteiger partial charge >= 0.3 is 0 Å². The number of hydrogen-bond acceptors (Lipinski definition) is 5. The third kappa shape index (κ3) is 2.65. The van der Waals surface area contributed by atoms with E-state index in [1.165, 1.54) is 4.88 Å². The molecule has 1 aliphatic rings. The Balaban J connectivity index is 1.89. The number of likely N-dealkylation sites (tertiary alicyclic amines) is 1. The third-order valence-corrected chi connectivity index (χ3v) is 5.21. The van der Waals surface area contributed by atoms with Crippen molar-refractivity contribution in [2.75, 3.05) is 0 Å². The van der Waals surface area contributed by atoms with Crippen LogP contribution in [-0.2, 0) is 23.4 Å². The summed E-state index contributed by atoms with van der Waals surface area (Å²) in [6.07, 6.45) is 3.45. The second-order valence-electron chi connectivity index (χ2n) is 5.91. The van der Waals surface area contributed by atoms with Crippen molar-refractivity contribution in [3.63, 3.8) is 0 Å². The molecule has 2 aromatic rings. The second kappa shape index (κ2) is 6.16. The molecular weight excluding hydrogens is 298 g/mol. The van der Waals surface area contributed by atoms with Crippen LogP contribution in [0.1, 0.15) is 50.2 Å². The molecule has 0 bridgehead atoms. The van der Waals surface area contributed by atoms with E-state index in [4.69, 9.17) is 0 Å². The molecular formula is C15H21N5OS. The summed E-state index contributed by atoms with van der Waals surface area (Å²) in [7, 11) is 0.